The van der Waals surface area contributed by atoms with Crippen LogP contribution in [0.2, 0.25) is 4.47 Å². The molecule has 1 atom stereocenters. The molecule has 1 aliphatic heterocycles. The summed E-state index contributed by atoms with van der Waals surface area (Å²) in [6.07, 6.45) is 1.01. The molecule has 0 radical (unpaired) electrons. The fraction of sp³-hybridized carbons (Fsp3) is 0.625. The lowest BCUT2D eigenvalue weighted by Crippen LogP contribution is -2.29. The molecular formula is C8H10ClN3O2S. The third-order valence-corrected chi connectivity index (χ3v) is 3.36. The molecule has 0 aromatic carbocycles. The summed E-state index contributed by atoms with van der Waals surface area (Å²) in [5.74, 6) is -0.112. The van der Waals surface area contributed by atoms with Crippen LogP contribution in [-0.4, -0.2) is 47.3 Å². The first-order valence-electron chi connectivity index (χ1n) is 4.52. The molecule has 1 aliphatic rings. The number of amides is 1. The fourth-order valence-corrected chi connectivity index (χ4v) is 2.33. The van der Waals surface area contributed by atoms with E-state index in [0.717, 1.165) is 17.8 Å². The number of carbonyl (C=O) groups is 1. The van der Waals surface area contributed by atoms with Crippen LogP contribution in [0, 0.1) is 0 Å². The van der Waals surface area contributed by atoms with E-state index in [1.165, 1.54) is 0 Å². The van der Waals surface area contributed by atoms with Crippen molar-refractivity contribution in [1.82, 2.24) is 15.1 Å². The zero-order chi connectivity index (χ0) is 10.8. The van der Waals surface area contributed by atoms with Gasteiger partial charge >= 0.3 is 0 Å². The molecule has 0 spiro atoms. The first-order valence-corrected chi connectivity index (χ1v) is 5.71. The molecule has 0 bridgehead atoms. The Hall–Kier alpha value is -0.720. The van der Waals surface area contributed by atoms with Crippen molar-refractivity contribution in [3.05, 3.63) is 9.47 Å². The van der Waals surface area contributed by atoms with Crippen molar-refractivity contribution in [2.45, 2.75) is 12.5 Å². The van der Waals surface area contributed by atoms with Gasteiger partial charge in [-0.1, -0.05) is 11.3 Å². The molecule has 1 amide bonds. The molecule has 1 fully saturated rings. The van der Waals surface area contributed by atoms with Crippen LogP contribution in [0.15, 0.2) is 0 Å². The number of nitrogens with zero attached hydrogens (tertiary/aromatic N) is 3. The molecule has 1 aromatic heterocycles. The topological polar surface area (TPSA) is 55.3 Å². The molecule has 1 unspecified atom stereocenters. The predicted molar refractivity (Wildman–Crippen MR) is 56.2 cm³/mol. The van der Waals surface area contributed by atoms with E-state index in [-0.39, 0.29) is 12.0 Å². The summed E-state index contributed by atoms with van der Waals surface area (Å²) < 4.78 is 5.47. The molecule has 0 N–H and O–H groups in total. The zero-order valence-corrected chi connectivity index (χ0v) is 9.72. The molecule has 82 valence electrons. The van der Waals surface area contributed by atoms with Gasteiger partial charge in [0.2, 0.25) is 9.47 Å². The van der Waals surface area contributed by atoms with Crippen molar-refractivity contribution in [2.24, 2.45) is 0 Å². The Balaban J connectivity index is 2.03. The number of halogens is 1. The number of carbonyl (C=O) groups excluding carboxylic acids is 1. The molecular weight excluding hydrogens is 238 g/mol. The first-order chi connectivity index (χ1) is 7.20. The van der Waals surface area contributed by atoms with E-state index in [0.29, 0.717) is 22.6 Å². The van der Waals surface area contributed by atoms with E-state index in [1.54, 1.807) is 12.0 Å². The third-order valence-electron chi connectivity index (χ3n) is 2.35. The first kappa shape index (κ1) is 10.8. The van der Waals surface area contributed by atoms with Gasteiger partial charge in [0.05, 0.1) is 6.10 Å². The molecule has 7 heteroatoms. The summed E-state index contributed by atoms with van der Waals surface area (Å²) in [5, 5.41) is 7.66. The number of aromatic nitrogens is 2. The van der Waals surface area contributed by atoms with Gasteiger partial charge in [0, 0.05) is 20.2 Å². The Morgan fingerprint density at radius 1 is 1.67 bits per heavy atom. The molecule has 2 heterocycles. The minimum Gasteiger partial charge on any atom is -0.380 e. The maximum atomic E-state index is 11.8. The highest BCUT2D eigenvalue weighted by Crippen LogP contribution is 2.19. The Morgan fingerprint density at radius 3 is 3.00 bits per heavy atom. The standard InChI is InChI=1S/C8H10ClN3O2S/c1-14-5-2-3-12(4-5)7(13)6-10-11-8(9)15-6/h5H,2-4H2,1H3. The van der Waals surface area contributed by atoms with E-state index in [1.807, 2.05) is 0 Å². The summed E-state index contributed by atoms with van der Waals surface area (Å²) in [5.41, 5.74) is 0. The summed E-state index contributed by atoms with van der Waals surface area (Å²) in [4.78, 5) is 13.6. The average molecular weight is 248 g/mol. The highest BCUT2D eigenvalue weighted by molar-refractivity contribution is 7.17. The van der Waals surface area contributed by atoms with Gasteiger partial charge in [-0.2, -0.15) is 0 Å². The van der Waals surface area contributed by atoms with E-state index in [2.05, 4.69) is 10.2 Å². The average Bonchev–Trinajstić information content (AvgIpc) is 2.84. The lowest BCUT2D eigenvalue weighted by Gasteiger charge is -2.13. The van der Waals surface area contributed by atoms with Crippen LogP contribution in [0.4, 0.5) is 0 Å². The smallest absolute Gasteiger partial charge is 0.284 e. The number of hydrogen-bond acceptors (Lipinski definition) is 5. The van der Waals surface area contributed by atoms with Crippen LogP contribution in [0.25, 0.3) is 0 Å². The van der Waals surface area contributed by atoms with Crippen molar-refractivity contribution in [3.63, 3.8) is 0 Å². The Bertz CT molecular complexity index is 371. The molecule has 5 nitrogen and oxygen atoms in total. The minimum atomic E-state index is -0.112. The van der Waals surface area contributed by atoms with E-state index in [4.69, 9.17) is 16.3 Å². The Labute approximate surface area is 96.0 Å². The number of hydrogen-bond donors (Lipinski definition) is 0. The van der Waals surface area contributed by atoms with Gasteiger partial charge in [-0.3, -0.25) is 4.79 Å². The van der Waals surface area contributed by atoms with Gasteiger partial charge in [-0.05, 0) is 18.0 Å². The Morgan fingerprint density at radius 2 is 2.47 bits per heavy atom. The van der Waals surface area contributed by atoms with Gasteiger partial charge in [0.25, 0.3) is 5.91 Å². The van der Waals surface area contributed by atoms with Crippen molar-refractivity contribution in [1.29, 1.82) is 0 Å². The highest BCUT2D eigenvalue weighted by Gasteiger charge is 2.28. The van der Waals surface area contributed by atoms with Crippen LogP contribution in [-0.2, 0) is 4.74 Å². The SMILES string of the molecule is COC1CCN(C(=O)c2nnc(Cl)s2)C1. The second-order valence-electron chi connectivity index (χ2n) is 3.26. The third kappa shape index (κ3) is 2.27. The van der Waals surface area contributed by atoms with E-state index < -0.39 is 0 Å². The van der Waals surface area contributed by atoms with Gasteiger partial charge in [-0.25, -0.2) is 0 Å². The quantitative estimate of drug-likeness (QED) is 0.784. The second-order valence-corrected chi connectivity index (χ2v) is 4.82. The van der Waals surface area contributed by atoms with Crippen molar-refractivity contribution >= 4 is 28.8 Å². The number of methoxy groups -OCH3 is 1. The van der Waals surface area contributed by atoms with E-state index in [9.17, 15) is 4.79 Å². The molecule has 1 saturated heterocycles. The fourth-order valence-electron chi connectivity index (χ4n) is 1.53. The van der Waals surface area contributed by atoms with Crippen molar-refractivity contribution < 1.29 is 9.53 Å². The monoisotopic (exact) mass is 247 g/mol. The van der Waals surface area contributed by atoms with E-state index >= 15 is 0 Å². The van der Waals surface area contributed by atoms with Crippen LogP contribution in [0.1, 0.15) is 16.2 Å². The van der Waals surface area contributed by atoms with Gasteiger partial charge < -0.3 is 9.64 Å². The molecule has 2 rings (SSSR count). The summed E-state index contributed by atoms with van der Waals surface area (Å²) in [6.45, 7) is 1.32. The molecule has 1 aromatic rings. The minimum absolute atomic E-state index is 0.112. The molecule has 0 aliphatic carbocycles. The number of likely N-dealkylation sites (tertiary alicyclic amines) is 1. The normalized spacial score (nSPS) is 20.9. The summed E-state index contributed by atoms with van der Waals surface area (Å²) in [7, 11) is 1.65. The number of ether oxygens (including phenoxy) is 1. The van der Waals surface area contributed by atoms with Crippen LogP contribution in [0.3, 0.4) is 0 Å². The maximum Gasteiger partial charge on any atom is 0.284 e. The van der Waals surface area contributed by atoms with Gasteiger partial charge in [-0.15, -0.1) is 10.2 Å². The lowest BCUT2D eigenvalue weighted by atomic mass is 10.3. The largest absolute Gasteiger partial charge is 0.380 e. The predicted octanol–water partition coefficient (Wildman–Crippen LogP) is 1.05. The van der Waals surface area contributed by atoms with Gasteiger partial charge in [0.1, 0.15) is 0 Å². The summed E-state index contributed by atoms with van der Waals surface area (Å²) in [6, 6.07) is 0. The number of rotatable bonds is 2. The molecule has 0 saturated carbocycles. The maximum absolute atomic E-state index is 11.8. The zero-order valence-electron chi connectivity index (χ0n) is 8.14. The van der Waals surface area contributed by atoms with Gasteiger partial charge in [0.15, 0.2) is 0 Å². The van der Waals surface area contributed by atoms with Crippen molar-refractivity contribution in [3.8, 4) is 0 Å². The summed E-state index contributed by atoms with van der Waals surface area (Å²) >= 11 is 6.72. The molecule has 15 heavy (non-hydrogen) atoms. The lowest BCUT2D eigenvalue weighted by molar-refractivity contribution is 0.0723. The van der Waals surface area contributed by atoms with Crippen LogP contribution < -0.4 is 0 Å². The van der Waals surface area contributed by atoms with Crippen LogP contribution in [0.5, 0.6) is 0 Å². The Kier molecular flexibility index (Phi) is 3.18. The second kappa shape index (κ2) is 4.42. The highest BCUT2D eigenvalue weighted by atomic mass is 35.5. The van der Waals surface area contributed by atoms with Crippen LogP contribution >= 0.6 is 22.9 Å². The van der Waals surface area contributed by atoms with Crippen molar-refractivity contribution in [2.75, 3.05) is 20.2 Å².